The van der Waals surface area contributed by atoms with Crippen LogP contribution < -0.4 is 16.2 Å². The molecule has 0 radical (unpaired) electrons. The van der Waals surface area contributed by atoms with Crippen molar-refractivity contribution in [1.29, 1.82) is 0 Å². The third-order valence-electron chi connectivity index (χ3n) is 3.52. The van der Waals surface area contributed by atoms with Crippen LogP contribution in [0.15, 0.2) is 18.2 Å². The molecular weight excluding hydrogens is 393 g/mol. The van der Waals surface area contributed by atoms with Crippen molar-refractivity contribution in [2.45, 2.75) is 6.42 Å². The van der Waals surface area contributed by atoms with Gasteiger partial charge in [0.2, 0.25) is 5.91 Å². The van der Waals surface area contributed by atoms with E-state index in [4.69, 9.17) is 23.2 Å². The lowest BCUT2D eigenvalue weighted by atomic mass is 10.1. The SMILES string of the molecule is O=C(CNC(=O)c1ccc(Cl)c(Cl)c1)NNC(=O)[C@@H]1CCS(=O)(=O)C1. The fourth-order valence-electron chi connectivity index (χ4n) is 2.18. The quantitative estimate of drug-likeness (QED) is 0.619. The van der Waals surface area contributed by atoms with Gasteiger partial charge in [-0.2, -0.15) is 0 Å². The number of nitrogens with one attached hydrogen (secondary N) is 3. The highest BCUT2D eigenvalue weighted by atomic mass is 35.5. The minimum absolute atomic E-state index is 0.0429. The molecule has 1 aromatic rings. The van der Waals surface area contributed by atoms with Gasteiger partial charge in [-0.05, 0) is 24.6 Å². The molecule has 0 saturated carbocycles. The van der Waals surface area contributed by atoms with Crippen LogP contribution in [0.3, 0.4) is 0 Å². The second-order valence-electron chi connectivity index (χ2n) is 5.45. The smallest absolute Gasteiger partial charge is 0.257 e. The van der Waals surface area contributed by atoms with Gasteiger partial charge in [-0.25, -0.2) is 8.42 Å². The van der Waals surface area contributed by atoms with E-state index in [-0.39, 0.29) is 35.1 Å². The van der Waals surface area contributed by atoms with Crippen LogP contribution in [0.25, 0.3) is 0 Å². The lowest BCUT2D eigenvalue weighted by Gasteiger charge is -2.11. The fourth-order valence-corrected chi connectivity index (χ4v) is 4.22. The van der Waals surface area contributed by atoms with Crippen LogP contribution >= 0.6 is 23.2 Å². The molecule has 0 bridgehead atoms. The van der Waals surface area contributed by atoms with Crippen molar-refractivity contribution in [2.75, 3.05) is 18.1 Å². The number of hydrogen-bond acceptors (Lipinski definition) is 5. The Morgan fingerprint density at radius 2 is 1.84 bits per heavy atom. The van der Waals surface area contributed by atoms with Crippen LogP contribution in [-0.4, -0.2) is 44.2 Å². The number of hydrogen-bond donors (Lipinski definition) is 3. The highest BCUT2D eigenvalue weighted by Crippen LogP contribution is 2.22. The van der Waals surface area contributed by atoms with Gasteiger partial charge in [-0.3, -0.25) is 25.2 Å². The molecular formula is C14H15Cl2N3O5S. The summed E-state index contributed by atoms with van der Waals surface area (Å²) in [5.41, 5.74) is 4.49. The average molecular weight is 408 g/mol. The van der Waals surface area contributed by atoms with E-state index in [0.29, 0.717) is 5.02 Å². The molecule has 11 heteroatoms. The molecule has 2 rings (SSSR count). The summed E-state index contributed by atoms with van der Waals surface area (Å²) in [5.74, 6) is -2.74. The van der Waals surface area contributed by atoms with E-state index >= 15 is 0 Å². The average Bonchev–Trinajstić information content (AvgIpc) is 2.93. The van der Waals surface area contributed by atoms with Gasteiger partial charge in [-0.1, -0.05) is 23.2 Å². The zero-order valence-electron chi connectivity index (χ0n) is 12.8. The van der Waals surface area contributed by atoms with E-state index in [9.17, 15) is 22.8 Å². The maximum absolute atomic E-state index is 11.9. The van der Waals surface area contributed by atoms with Gasteiger partial charge in [0, 0.05) is 5.56 Å². The molecule has 1 fully saturated rings. The van der Waals surface area contributed by atoms with E-state index in [0.717, 1.165) is 0 Å². The largest absolute Gasteiger partial charge is 0.343 e. The predicted molar refractivity (Wildman–Crippen MR) is 91.8 cm³/mol. The first-order valence-corrected chi connectivity index (χ1v) is 9.78. The summed E-state index contributed by atoms with van der Waals surface area (Å²) < 4.78 is 22.6. The Labute approximate surface area is 154 Å². The Bertz CT molecular complexity index is 813. The Balaban J connectivity index is 1.76. The maximum Gasteiger partial charge on any atom is 0.257 e. The van der Waals surface area contributed by atoms with Gasteiger partial charge in [0.15, 0.2) is 9.84 Å². The molecule has 1 aliphatic rings. The molecule has 3 amide bonds. The van der Waals surface area contributed by atoms with Crippen LogP contribution in [0, 0.1) is 5.92 Å². The summed E-state index contributed by atoms with van der Waals surface area (Å²) >= 11 is 11.6. The van der Waals surface area contributed by atoms with E-state index in [1.165, 1.54) is 18.2 Å². The Kier molecular flexibility index (Phi) is 6.26. The first-order valence-electron chi connectivity index (χ1n) is 7.20. The van der Waals surface area contributed by atoms with E-state index in [1.54, 1.807) is 0 Å². The highest BCUT2D eigenvalue weighted by Gasteiger charge is 2.33. The van der Waals surface area contributed by atoms with Crippen molar-refractivity contribution in [1.82, 2.24) is 16.2 Å². The summed E-state index contributed by atoms with van der Waals surface area (Å²) in [6.07, 6.45) is 0.220. The molecule has 136 valence electrons. The molecule has 0 unspecified atom stereocenters. The molecule has 0 aromatic heterocycles. The van der Waals surface area contributed by atoms with E-state index in [2.05, 4.69) is 16.2 Å². The van der Waals surface area contributed by atoms with Gasteiger partial charge < -0.3 is 5.32 Å². The second-order valence-corrected chi connectivity index (χ2v) is 8.49. The molecule has 1 atom stereocenters. The maximum atomic E-state index is 11.9. The third-order valence-corrected chi connectivity index (χ3v) is 6.03. The minimum atomic E-state index is -3.19. The molecule has 8 nitrogen and oxygen atoms in total. The summed E-state index contributed by atoms with van der Waals surface area (Å²) in [6, 6.07) is 4.26. The zero-order valence-corrected chi connectivity index (χ0v) is 15.2. The van der Waals surface area contributed by atoms with Crippen molar-refractivity contribution in [2.24, 2.45) is 5.92 Å². The molecule has 1 aliphatic heterocycles. The number of rotatable bonds is 4. The van der Waals surface area contributed by atoms with Crippen molar-refractivity contribution >= 4 is 50.8 Å². The number of sulfone groups is 1. The number of benzene rings is 1. The lowest BCUT2D eigenvalue weighted by molar-refractivity contribution is -0.130. The van der Waals surface area contributed by atoms with Crippen LogP contribution in [0.5, 0.6) is 0 Å². The first kappa shape index (κ1) is 19.5. The predicted octanol–water partition coefficient (Wildman–Crippen LogP) is 0.305. The van der Waals surface area contributed by atoms with Crippen LogP contribution in [0.2, 0.25) is 10.0 Å². The summed E-state index contributed by atoms with van der Waals surface area (Å²) in [4.78, 5) is 35.3. The van der Waals surface area contributed by atoms with Crippen LogP contribution in [-0.2, 0) is 19.4 Å². The van der Waals surface area contributed by atoms with Gasteiger partial charge in [0.25, 0.3) is 11.8 Å². The number of halogens is 2. The molecule has 1 aromatic carbocycles. The normalized spacial score (nSPS) is 18.4. The fraction of sp³-hybridized carbons (Fsp3) is 0.357. The summed E-state index contributed by atoms with van der Waals surface area (Å²) in [7, 11) is -3.19. The van der Waals surface area contributed by atoms with Crippen LogP contribution in [0.1, 0.15) is 16.8 Å². The molecule has 0 spiro atoms. The molecule has 1 saturated heterocycles. The van der Waals surface area contributed by atoms with Gasteiger partial charge in [0.05, 0.1) is 34.0 Å². The van der Waals surface area contributed by atoms with E-state index in [1.807, 2.05) is 0 Å². The van der Waals surface area contributed by atoms with Crippen LogP contribution in [0.4, 0.5) is 0 Å². The molecule has 25 heavy (non-hydrogen) atoms. The van der Waals surface area contributed by atoms with Crippen molar-refractivity contribution in [3.63, 3.8) is 0 Å². The monoisotopic (exact) mass is 407 g/mol. The Morgan fingerprint density at radius 1 is 1.12 bits per heavy atom. The number of hydrazine groups is 1. The standard InChI is InChI=1S/C14H15Cl2N3O5S/c15-10-2-1-8(5-11(10)16)13(21)17-6-12(20)18-19-14(22)9-3-4-25(23,24)7-9/h1-2,5,9H,3-4,6-7H2,(H,17,21)(H,18,20)(H,19,22)/t9-/m1/s1. The number of carbonyl (C=O) groups is 3. The van der Waals surface area contributed by atoms with Crippen molar-refractivity contribution in [3.8, 4) is 0 Å². The Hall–Kier alpha value is -1.84. The van der Waals surface area contributed by atoms with Crippen molar-refractivity contribution < 1.29 is 22.8 Å². The van der Waals surface area contributed by atoms with E-state index < -0.39 is 33.5 Å². The lowest BCUT2D eigenvalue weighted by Crippen LogP contribution is -2.48. The Morgan fingerprint density at radius 3 is 2.44 bits per heavy atom. The summed E-state index contributed by atoms with van der Waals surface area (Å²) in [5, 5.41) is 2.86. The van der Waals surface area contributed by atoms with Gasteiger partial charge >= 0.3 is 0 Å². The zero-order chi connectivity index (χ0) is 18.6. The number of amides is 3. The second kappa shape index (κ2) is 8.03. The number of carbonyl (C=O) groups excluding carboxylic acids is 3. The topological polar surface area (TPSA) is 121 Å². The molecule has 0 aliphatic carbocycles. The first-order chi connectivity index (χ1) is 11.7. The van der Waals surface area contributed by atoms with Crippen molar-refractivity contribution in [3.05, 3.63) is 33.8 Å². The van der Waals surface area contributed by atoms with Gasteiger partial charge in [-0.15, -0.1) is 0 Å². The minimum Gasteiger partial charge on any atom is -0.343 e. The van der Waals surface area contributed by atoms with Gasteiger partial charge in [0.1, 0.15) is 0 Å². The highest BCUT2D eigenvalue weighted by molar-refractivity contribution is 7.91. The molecule has 1 heterocycles. The third kappa shape index (κ3) is 5.58. The molecule has 3 N–H and O–H groups in total. The summed E-state index contributed by atoms with van der Waals surface area (Å²) in [6.45, 7) is -0.387.